The van der Waals surface area contributed by atoms with Gasteiger partial charge >= 0.3 is 0 Å². The second-order valence-corrected chi connectivity index (χ2v) is 4.84. The van der Waals surface area contributed by atoms with Gasteiger partial charge in [0, 0.05) is 15.8 Å². The van der Waals surface area contributed by atoms with Gasteiger partial charge in [0.25, 0.3) is 0 Å². The first-order chi connectivity index (χ1) is 5.70. The molecule has 2 rings (SSSR count). The molecular weight excluding hydrogens is 190 g/mol. The zero-order valence-corrected chi connectivity index (χ0v) is 8.63. The summed E-state index contributed by atoms with van der Waals surface area (Å²) in [6.45, 7) is 1.99. The molecule has 1 aliphatic rings. The predicted octanol–water partition coefficient (Wildman–Crippen LogP) is 2.91. The van der Waals surface area contributed by atoms with Crippen molar-refractivity contribution in [2.75, 3.05) is 0 Å². The number of halogens is 1. The number of rotatable bonds is 1. The van der Waals surface area contributed by atoms with Crippen LogP contribution >= 0.6 is 22.9 Å². The van der Waals surface area contributed by atoms with Gasteiger partial charge < -0.3 is 5.73 Å². The Morgan fingerprint density at radius 3 is 2.83 bits per heavy atom. The molecule has 0 aromatic carbocycles. The normalized spacial score (nSPS) is 17.9. The zero-order chi connectivity index (χ0) is 8.72. The molecule has 0 aliphatic heterocycles. The monoisotopic (exact) mass is 201 g/mol. The van der Waals surface area contributed by atoms with E-state index in [1.807, 2.05) is 6.92 Å². The SMILES string of the molecule is CC(N)c1sc2c(c1Cl)CCC2. The first kappa shape index (κ1) is 8.54. The summed E-state index contributed by atoms with van der Waals surface area (Å²) in [7, 11) is 0. The fourth-order valence-corrected chi connectivity index (χ4v) is 3.47. The second-order valence-electron chi connectivity index (χ2n) is 3.32. The van der Waals surface area contributed by atoms with Crippen LogP contribution in [-0.4, -0.2) is 0 Å². The Labute approximate surface area is 81.5 Å². The number of hydrogen-bond donors (Lipinski definition) is 1. The topological polar surface area (TPSA) is 26.0 Å². The van der Waals surface area contributed by atoms with Gasteiger partial charge in [0.15, 0.2) is 0 Å². The largest absolute Gasteiger partial charge is 0.323 e. The minimum atomic E-state index is 0.0908. The highest BCUT2D eigenvalue weighted by Gasteiger charge is 2.21. The molecule has 1 heterocycles. The molecule has 1 aromatic heterocycles. The predicted molar refractivity (Wildman–Crippen MR) is 54.0 cm³/mol. The van der Waals surface area contributed by atoms with Crippen molar-refractivity contribution < 1.29 is 0 Å². The van der Waals surface area contributed by atoms with Crippen molar-refractivity contribution in [2.24, 2.45) is 5.73 Å². The molecule has 2 N–H and O–H groups in total. The molecule has 0 saturated carbocycles. The van der Waals surface area contributed by atoms with Crippen molar-refractivity contribution in [1.29, 1.82) is 0 Å². The van der Waals surface area contributed by atoms with Crippen LogP contribution in [0.25, 0.3) is 0 Å². The van der Waals surface area contributed by atoms with Crippen LogP contribution in [0.2, 0.25) is 5.02 Å². The van der Waals surface area contributed by atoms with Crippen molar-refractivity contribution in [3.8, 4) is 0 Å². The van der Waals surface area contributed by atoms with Gasteiger partial charge in [0.05, 0.1) is 5.02 Å². The molecule has 1 unspecified atom stereocenters. The van der Waals surface area contributed by atoms with Crippen LogP contribution in [0.15, 0.2) is 0 Å². The highest BCUT2D eigenvalue weighted by molar-refractivity contribution is 7.13. The Bertz CT molecular complexity index is 304. The molecular formula is C9H12ClNS. The first-order valence-corrected chi connectivity index (χ1v) is 5.45. The third-order valence-electron chi connectivity index (χ3n) is 2.30. The van der Waals surface area contributed by atoms with Gasteiger partial charge in [0.1, 0.15) is 0 Å². The van der Waals surface area contributed by atoms with Crippen molar-refractivity contribution in [1.82, 2.24) is 0 Å². The summed E-state index contributed by atoms with van der Waals surface area (Å²) < 4.78 is 0. The van der Waals surface area contributed by atoms with E-state index in [1.54, 1.807) is 11.3 Å². The molecule has 12 heavy (non-hydrogen) atoms. The lowest BCUT2D eigenvalue weighted by molar-refractivity contribution is 0.834. The van der Waals surface area contributed by atoms with E-state index in [9.17, 15) is 0 Å². The molecule has 0 saturated heterocycles. The van der Waals surface area contributed by atoms with Gasteiger partial charge in [-0.25, -0.2) is 0 Å². The van der Waals surface area contributed by atoms with E-state index in [4.69, 9.17) is 17.3 Å². The van der Waals surface area contributed by atoms with Crippen LogP contribution in [0.3, 0.4) is 0 Å². The molecule has 0 amide bonds. The van der Waals surface area contributed by atoms with Crippen molar-refractivity contribution in [3.05, 3.63) is 20.3 Å². The van der Waals surface area contributed by atoms with Crippen LogP contribution in [0.5, 0.6) is 0 Å². The van der Waals surface area contributed by atoms with Gasteiger partial charge in [-0.3, -0.25) is 0 Å². The third-order valence-corrected chi connectivity index (χ3v) is 4.33. The van der Waals surface area contributed by atoms with Gasteiger partial charge in [-0.1, -0.05) is 11.6 Å². The summed E-state index contributed by atoms with van der Waals surface area (Å²) in [5.74, 6) is 0. The zero-order valence-electron chi connectivity index (χ0n) is 7.06. The van der Waals surface area contributed by atoms with Crippen molar-refractivity contribution >= 4 is 22.9 Å². The van der Waals surface area contributed by atoms with Gasteiger partial charge in [-0.05, 0) is 31.7 Å². The van der Waals surface area contributed by atoms with Crippen molar-refractivity contribution in [3.63, 3.8) is 0 Å². The molecule has 66 valence electrons. The molecule has 1 nitrogen and oxygen atoms in total. The second kappa shape index (κ2) is 3.02. The Balaban J connectivity index is 2.47. The van der Waals surface area contributed by atoms with Gasteiger partial charge in [0.2, 0.25) is 0 Å². The highest BCUT2D eigenvalue weighted by Crippen LogP contribution is 2.40. The van der Waals surface area contributed by atoms with E-state index in [1.165, 1.54) is 28.2 Å². The lowest BCUT2D eigenvalue weighted by Crippen LogP contribution is -2.03. The number of thiophene rings is 1. The maximum absolute atomic E-state index is 6.20. The summed E-state index contributed by atoms with van der Waals surface area (Å²) in [6.07, 6.45) is 3.62. The molecule has 1 aromatic rings. The van der Waals surface area contributed by atoms with Crippen LogP contribution in [-0.2, 0) is 12.8 Å². The maximum atomic E-state index is 6.20. The molecule has 0 fully saturated rings. The van der Waals surface area contributed by atoms with E-state index >= 15 is 0 Å². The van der Waals surface area contributed by atoms with Gasteiger partial charge in [-0.2, -0.15) is 0 Å². The summed E-state index contributed by atoms with van der Waals surface area (Å²) >= 11 is 7.99. The van der Waals surface area contributed by atoms with Crippen LogP contribution in [0, 0.1) is 0 Å². The lowest BCUT2D eigenvalue weighted by atomic mass is 10.2. The van der Waals surface area contributed by atoms with E-state index < -0.39 is 0 Å². The van der Waals surface area contributed by atoms with E-state index in [-0.39, 0.29) is 6.04 Å². The minimum Gasteiger partial charge on any atom is -0.323 e. The summed E-state index contributed by atoms with van der Waals surface area (Å²) in [5, 5.41) is 0.947. The lowest BCUT2D eigenvalue weighted by Gasteiger charge is -2.02. The Morgan fingerprint density at radius 2 is 2.25 bits per heavy atom. The summed E-state index contributed by atoms with van der Waals surface area (Å²) in [5.41, 5.74) is 7.17. The van der Waals surface area contributed by atoms with E-state index in [0.29, 0.717) is 0 Å². The number of aryl methyl sites for hydroxylation is 1. The molecule has 1 aliphatic carbocycles. The number of nitrogens with two attached hydrogens (primary N) is 1. The van der Waals surface area contributed by atoms with Gasteiger partial charge in [-0.15, -0.1) is 11.3 Å². The standard InChI is InChI=1S/C9H12ClNS/c1-5(11)9-8(10)6-3-2-4-7(6)12-9/h5H,2-4,11H2,1H3. The number of hydrogen-bond acceptors (Lipinski definition) is 2. The minimum absolute atomic E-state index is 0.0908. The molecule has 0 spiro atoms. The van der Waals surface area contributed by atoms with Crippen molar-refractivity contribution in [2.45, 2.75) is 32.2 Å². The first-order valence-electron chi connectivity index (χ1n) is 4.25. The molecule has 0 radical (unpaired) electrons. The van der Waals surface area contributed by atoms with Crippen LogP contribution < -0.4 is 5.73 Å². The maximum Gasteiger partial charge on any atom is 0.0595 e. The fraction of sp³-hybridized carbons (Fsp3) is 0.556. The quantitative estimate of drug-likeness (QED) is 0.743. The molecule has 0 bridgehead atoms. The Morgan fingerprint density at radius 1 is 1.50 bits per heavy atom. The summed E-state index contributed by atoms with van der Waals surface area (Å²) in [4.78, 5) is 2.63. The molecule has 1 atom stereocenters. The third kappa shape index (κ3) is 1.18. The fourth-order valence-electron chi connectivity index (χ4n) is 1.68. The smallest absolute Gasteiger partial charge is 0.0595 e. The Kier molecular flexibility index (Phi) is 2.15. The van der Waals surface area contributed by atoms with Crippen LogP contribution in [0.1, 0.15) is 34.7 Å². The van der Waals surface area contributed by atoms with Crippen LogP contribution in [0.4, 0.5) is 0 Å². The number of fused-ring (bicyclic) bond motifs is 1. The molecule has 3 heteroatoms. The van der Waals surface area contributed by atoms with E-state index in [0.717, 1.165) is 11.4 Å². The average Bonchev–Trinajstić information content (AvgIpc) is 2.53. The summed E-state index contributed by atoms with van der Waals surface area (Å²) in [6, 6.07) is 0.0908. The Hall–Kier alpha value is -0.0500. The average molecular weight is 202 g/mol. The van der Waals surface area contributed by atoms with E-state index in [2.05, 4.69) is 0 Å². The highest BCUT2D eigenvalue weighted by atomic mass is 35.5.